The van der Waals surface area contributed by atoms with E-state index in [4.69, 9.17) is 9.47 Å². The van der Waals surface area contributed by atoms with Gasteiger partial charge in [0.2, 0.25) is 5.88 Å². The molecule has 0 amide bonds. The van der Waals surface area contributed by atoms with E-state index in [1.165, 1.54) is 5.56 Å². The van der Waals surface area contributed by atoms with Gasteiger partial charge >= 0.3 is 11.9 Å². The molecular formula is C28H24N2O4S. The molecule has 176 valence electrons. The first-order valence-corrected chi connectivity index (χ1v) is 12.6. The average Bonchev–Trinajstić information content (AvgIpc) is 3.20. The van der Waals surface area contributed by atoms with Gasteiger partial charge in [-0.25, -0.2) is 9.59 Å². The molecule has 2 aliphatic rings. The minimum atomic E-state index is -1.01. The van der Waals surface area contributed by atoms with Gasteiger partial charge < -0.3 is 9.47 Å². The lowest BCUT2D eigenvalue weighted by Gasteiger charge is -2.31. The quantitative estimate of drug-likeness (QED) is 0.220. The summed E-state index contributed by atoms with van der Waals surface area (Å²) in [6, 6.07) is 25.8. The van der Waals surface area contributed by atoms with Gasteiger partial charge in [0.1, 0.15) is 5.75 Å². The summed E-state index contributed by atoms with van der Waals surface area (Å²) in [7, 11) is 0. The van der Waals surface area contributed by atoms with Crippen molar-refractivity contribution in [2.45, 2.75) is 29.5 Å². The topological polar surface area (TPSA) is 60.8 Å². The largest absolute Gasteiger partial charge is 0.424 e. The number of para-hydroxylation sites is 1. The standard InChI is InChI=1S/C28H24N2O4S/c31-27-28(32)34-26-25(35-21-14-16-29(17-15-21)18-19-8-3-1-4-9-19)24-22(12-7-13-23(24)33-27)30(26)20-10-5-2-6-11-20/h1-13,21H,14-18H2. The van der Waals surface area contributed by atoms with Crippen LogP contribution in [0.5, 0.6) is 11.6 Å². The van der Waals surface area contributed by atoms with Gasteiger partial charge in [-0.15, -0.1) is 11.8 Å². The third kappa shape index (κ3) is 4.22. The van der Waals surface area contributed by atoms with Crippen molar-refractivity contribution in [3.05, 3.63) is 84.4 Å². The van der Waals surface area contributed by atoms with Crippen LogP contribution >= 0.6 is 11.8 Å². The molecule has 1 saturated heterocycles. The van der Waals surface area contributed by atoms with Crippen LogP contribution < -0.4 is 9.47 Å². The van der Waals surface area contributed by atoms with E-state index in [0.29, 0.717) is 16.9 Å². The van der Waals surface area contributed by atoms with Crippen molar-refractivity contribution >= 4 is 34.6 Å². The summed E-state index contributed by atoms with van der Waals surface area (Å²) < 4.78 is 13.0. The summed E-state index contributed by atoms with van der Waals surface area (Å²) >= 11 is 1.72. The van der Waals surface area contributed by atoms with Crippen molar-refractivity contribution in [2.24, 2.45) is 0 Å². The molecule has 1 fully saturated rings. The maximum atomic E-state index is 12.5. The van der Waals surface area contributed by atoms with E-state index in [9.17, 15) is 9.59 Å². The molecule has 0 aliphatic carbocycles. The van der Waals surface area contributed by atoms with E-state index < -0.39 is 11.9 Å². The van der Waals surface area contributed by atoms with Crippen LogP contribution in [0.3, 0.4) is 0 Å². The number of piperidine rings is 1. The van der Waals surface area contributed by atoms with Crippen LogP contribution in [0, 0.1) is 0 Å². The third-order valence-corrected chi connectivity index (χ3v) is 7.93. The molecule has 0 radical (unpaired) electrons. The van der Waals surface area contributed by atoms with Crippen molar-refractivity contribution < 1.29 is 19.1 Å². The Bertz CT molecular complexity index is 1390. The lowest BCUT2D eigenvalue weighted by molar-refractivity contribution is -0.156. The number of aromatic nitrogens is 1. The Morgan fingerprint density at radius 3 is 2.23 bits per heavy atom. The van der Waals surface area contributed by atoms with Crippen LogP contribution in [-0.2, 0) is 16.1 Å². The van der Waals surface area contributed by atoms with Crippen LogP contribution in [0.2, 0.25) is 0 Å². The zero-order valence-corrected chi connectivity index (χ0v) is 19.9. The number of carbonyl (C=O) groups excluding carboxylic acids is 2. The smallest absolute Gasteiger partial charge is 0.417 e. The number of thioether (sulfide) groups is 1. The van der Waals surface area contributed by atoms with Gasteiger partial charge in [0.15, 0.2) is 0 Å². The van der Waals surface area contributed by atoms with Gasteiger partial charge in [0, 0.05) is 17.5 Å². The third-order valence-electron chi connectivity index (χ3n) is 6.51. The van der Waals surface area contributed by atoms with Crippen molar-refractivity contribution in [2.75, 3.05) is 13.1 Å². The molecule has 7 heteroatoms. The number of carbonyl (C=O) groups is 2. The number of hydrogen-bond donors (Lipinski definition) is 0. The normalized spacial score (nSPS) is 16.7. The second-order valence-corrected chi connectivity index (χ2v) is 10.1. The Morgan fingerprint density at radius 1 is 0.800 bits per heavy atom. The summed E-state index contributed by atoms with van der Waals surface area (Å²) in [4.78, 5) is 28.1. The predicted molar refractivity (Wildman–Crippen MR) is 135 cm³/mol. The van der Waals surface area contributed by atoms with Gasteiger partial charge in [0.25, 0.3) is 0 Å². The molecule has 0 saturated carbocycles. The van der Waals surface area contributed by atoms with E-state index in [1.54, 1.807) is 17.8 Å². The summed E-state index contributed by atoms with van der Waals surface area (Å²) in [6.45, 7) is 2.95. The predicted octanol–water partition coefficient (Wildman–Crippen LogP) is 5.21. The SMILES string of the molecule is O=C1Oc2cccc3c2c(SC2CCN(Cc4ccccc4)CC2)c(n3-c2ccccc2)OC1=O. The van der Waals surface area contributed by atoms with Crippen molar-refractivity contribution in [1.29, 1.82) is 0 Å². The van der Waals surface area contributed by atoms with E-state index in [0.717, 1.165) is 54.0 Å². The first-order chi connectivity index (χ1) is 17.2. The van der Waals surface area contributed by atoms with E-state index in [-0.39, 0.29) is 0 Å². The van der Waals surface area contributed by atoms with E-state index in [2.05, 4.69) is 29.2 Å². The first-order valence-electron chi connectivity index (χ1n) is 11.8. The lowest BCUT2D eigenvalue weighted by Crippen LogP contribution is -2.34. The fraction of sp³-hybridized carbons (Fsp3) is 0.214. The Balaban J connectivity index is 1.34. The highest BCUT2D eigenvalue weighted by Crippen LogP contribution is 2.48. The zero-order chi connectivity index (χ0) is 23.8. The number of rotatable bonds is 5. The van der Waals surface area contributed by atoms with Gasteiger partial charge in [-0.3, -0.25) is 9.47 Å². The minimum absolute atomic E-state index is 0.359. The Kier molecular flexibility index (Phi) is 5.80. The van der Waals surface area contributed by atoms with Crippen LogP contribution in [0.25, 0.3) is 16.6 Å². The molecule has 3 heterocycles. The summed E-state index contributed by atoms with van der Waals surface area (Å²) in [5, 5.41) is 1.17. The summed E-state index contributed by atoms with van der Waals surface area (Å²) in [6.07, 6.45) is 2.04. The molecule has 2 bridgehead atoms. The van der Waals surface area contributed by atoms with Gasteiger partial charge in [-0.1, -0.05) is 54.6 Å². The summed E-state index contributed by atoms with van der Waals surface area (Å²) in [5.74, 6) is -1.24. The molecule has 4 aromatic rings. The molecule has 35 heavy (non-hydrogen) atoms. The van der Waals surface area contributed by atoms with E-state index in [1.807, 2.05) is 53.1 Å². The van der Waals surface area contributed by atoms with Crippen molar-refractivity contribution in [3.63, 3.8) is 0 Å². The number of likely N-dealkylation sites (tertiary alicyclic amines) is 1. The maximum absolute atomic E-state index is 12.5. The van der Waals surface area contributed by atoms with Crippen molar-refractivity contribution in [3.8, 4) is 17.3 Å². The fourth-order valence-electron chi connectivity index (χ4n) is 4.84. The van der Waals surface area contributed by atoms with Gasteiger partial charge in [-0.05, 0) is 55.8 Å². The molecule has 1 aromatic heterocycles. The van der Waals surface area contributed by atoms with Gasteiger partial charge in [-0.2, -0.15) is 0 Å². The minimum Gasteiger partial charge on any atom is -0.417 e. The average molecular weight is 485 g/mol. The molecule has 3 aromatic carbocycles. The number of benzene rings is 3. The number of hydrogen-bond acceptors (Lipinski definition) is 6. The molecule has 6 nitrogen and oxygen atoms in total. The van der Waals surface area contributed by atoms with Gasteiger partial charge in [0.05, 0.1) is 15.8 Å². The molecule has 2 aliphatic heterocycles. The second-order valence-electron chi connectivity index (χ2n) is 8.81. The summed E-state index contributed by atoms with van der Waals surface area (Å²) in [5.41, 5.74) is 3.03. The number of nitrogens with zero attached hydrogens (tertiary/aromatic N) is 2. The van der Waals surface area contributed by atoms with Crippen molar-refractivity contribution in [1.82, 2.24) is 9.47 Å². The van der Waals surface area contributed by atoms with Crippen LogP contribution in [0.1, 0.15) is 18.4 Å². The number of ether oxygens (including phenoxy) is 2. The highest BCUT2D eigenvalue weighted by Gasteiger charge is 2.34. The number of fused-ring (bicyclic) bond motifs is 1. The van der Waals surface area contributed by atoms with Crippen LogP contribution in [0.15, 0.2) is 83.8 Å². The number of esters is 2. The molecule has 0 spiro atoms. The molecule has 0 N–H and O–H groups in total. The lowest BCUT2D eigenvalue weighted by atomic mass is 10.1. The monoisotopic (exact) mass is 484 g/mol. The Labute approximate surface area is 207 Å². The molecule has 6 rings (SSSR count). The highest BCUT2D eigenvalue weighted by molar-refractivity contribution is 8.00. The molecule has 0 unspecified atom stereocenters. The highest BCUT2D eigenvalue weighted by atomic mass is 32.2. The Hall–Kier alpha value is -3.55. The molecular weight excluding hydrogens is 460 g/mol. The van der Waals surface area contributed by atoms with Crippen LogP contribution in [0.4, 0.5) is 0 Å². The van der Waals surface area contributed by atoms with Crippen LogP contribution in [-0.4, -0.2) is 39.7 Å². The molecule has 0 atom stereocenters. The zero-order valence-electron chi connectivity index (χ0n) is 19.1. The maximum Gasteiger partial charge on any atom is 0.424 e. The van der Waals surface area contributed by atoms with E-state index >= 15 is 0 Å². The first kappa shape index (κ1) is 21.9. The fourth-order valence-corrected chi connectivity index (χ4v) is 6.17. The second kappa shape index (κ2) is 9.24. The Morgan fingerprint density at radius 2 is 1.49 bits per heavy atom.